The van der Waals surface area contributed by atoms with Crippen LogP contribution in [-0.2, 0) is 17.6 Å². The number of carbonyl (C=O) groups excluding carboxylic acids is 2. The van der Waals surface area contributed by atoms with E-state index in [1.165, 1.54) is 44.9 Å². The summed E-state index contributed by atoms with van der Waals surface area (Å²) in [5, 5.41) is 9.87. The van der Waals surface area contributed by atoms with Crippen molar-refractivity contribution in [3.05, 3.63) is 87.1 Å². The molecule has 4 aromatic rings. The average Bonchev–Trinajstić information content (AvgIpc) is 3.47. The molecule has 148 valence electrons. The number of aromatic nitrogens is 1. The summed E-state index contributed by atoms with van der Waals surface area (Å²) in [4.78, 5) is 29.6. The fraction of sp³-hybridized carbons (Fsp3) is 0.0870. The van der Waals surface area contributed by atoms with Crippen LogP contribution in [0.25, 0.3) is 11.1 Å². The number of thiophene rings is 1. The highest BCUT2D eigenvalue weighted by molar-refractivity contribution is 7.14. The van der Waals surface area contributed by atoms with Gasteiger partial charge in [0.15, 0.2) is 5.13 Å². The Morgan fingerprint density at radius 1 is 0.933 bits per heavy atom. The normalized spacial score (nSPS) is 11.6. The summed E-state index contributed by atoms with van der Waals surface area (Å²) in [5.74, 6) is -0.318. The van der Waals surface area contributed by atoms with Crippen molar-refractivity contribution in [1.82, 2.24) is 4.98 Å². The van der Waals surface area contributed by atoms with Gasteiger partial charge in [0.05, 0.1) is 17.0 Å². The van der Waals surface area contributed by atoms with Gasteiger partial charge < -0.3 is 5.32 Å². The van der Waals surface area contributed by atoms with Gasteiger partial charge in [-0.1, -0.05) is 36.4 Å². The third-order valence-electron chi connectivity index (χ3n) is 4.94. The molecule has 7 heteroatoms. The molecule has 1 aliphatic carbocycles. The molecule has 0 saturated heterocycles. The second-order valence-electron chi connectivity index (χ2n) is 7.01. The molecular weight excluding hydrogens is 414 g/mol. The van der Waals surface area contributed by atoms with Gasteiger partial charge in [-0.15, -0.1) is 22.7 Å². The second kappa shape index (κ2) is 7.85. The third kappa shape index (κ3) is 3.77. The zero-order valence-electron chi connectivity index (χ0n) is 15.8. The highest BCUT2D eigenvalue weighted by atomic mass is 32.1. The van der Waals surface area contributed by atoms with Crippen LogP contribution in [0.15, 0.2) is 65.4 Å². The van der Waals surface area contributed by atoms with E-state index in [1.807, 2.05) is 23.6 Å². The number of hydrogen-bond donors (Lipinski definition) is 2. The van der Waals surface area contributed by atoms with Gasteiger partial charge in [-0.3, -0.25) is 14.9 Å². The number of fused-ring (bicyclic) bond motifs is 3. The SMILES string of the molecule is O=C(Cc1csc(NC(=O)c2cccs2)n1)Nc1ccc2c(c1)Cc1ccccc1-2. The quantitative estimate of drug-likeness (QED) is 0.401. The van der Waals surface area contributed by atoms with Gasteiger partial charge in [-0.2, -0.15) is 0 Å². The van der Waals surface area contributed by atoms with Crippen LogP contribution in [-0.4, -0.2) is 16.8 Å². The van der Waals surface area contributed by atoms with Crippen LogP contribution < -0.4 is 10.6 Å². The first-order valence-electron chi connectivity index (χ1n) is 9.46. The van der Waals surface area contributed by atoms with Gasteiger partial charge in [0.1, 0.15) is 0 Å². The minimum atomic E-state index is -0.186. The minimum absolute atomic E-state index is 0.133. The molecule has 0 unspecified atom stereocenters. The first-order valence-corrected chi connectivity index (χ1v) is 11.2. The molecule has 0 atom stereocenters. The molecule has 0 fully saturated rings. The van der Waals surface area contributed by atoms with Gasteiger partial charge in [0, 0.05) is 11.1 Å². The summed E-state index contributed by atoms with van der Waals surface area (Å²) in [5.41, 5.74) is 6.46. The number of amides is 2. The lowest BCUT2D eigenvalue weighted by Crippen LogP contribution is -2.15. The van der Waals surface area contributed by atoms with E-state index in [-0.39, 0.29) is 18.2 Å². The Balaban J connectivity index is 1.22. The molecule has 0 saturated carbocycles. The van der Waals surface area contributed by atoms with E-state index in [9.17, 15) is 9.59 Å². The summed E-state index contributed by atoms with van der Waals surface area (Å²) in [6, 6.07) is 18.0. The number of hydrogen-bond acceptors (Lipinski definition) is 5. The molecule has 5 nitrogen and oxygen atoms in total. The molecule has 0 spiro atoms. The Morgan fingerprint density at radius 2 is 1.80 bits per heavy atom. The molecule has 30 heavy (non-hydrogen) atoms. The summed E-state index contributed by atoms with van der Waals surface area (Å²) in [7, 11) is 0. The van der Waals surface area contributed by atoms with Crippen molar-refractivity contribution in [2.75, 3.05) is 10.6 Å². The molecular formula is C23H17N3O2S2. The van der Waals surface area contributed by atoms with E-state index in [4.69, 9.17) is 0 Å². The molecule has 1 aliphatic rings. The Morgan fingerprint density at radius 3 is 2.67 bits per heavy atom. The smallest absolute Gasteiger partial charge is 0.267 e. The summed E-state index contributed by atoms with van der Waals surface area (Å²) >= 11 is 2.69. The maximum absolute atomic E-state index is 12.5. The van der Waals surface area contributed by atoms with Crippen molar-refractivity contribution < 1.29 is 9.59 Å². The van der Waals surface area contributed by atoms with Crippen LogP contribution in [0.4, 0.5) is 10.8 Å². The lowest BCUT2D eigenvalue weighted by Gasteiger charge is -2.07. The van der Waals surface area contributed by atoms with Crippen molar-refractivity contribution in [3.63, 3.8) is 0 Å². The molecule has 0 aliphatic heterocycles. The van der Waals surface area contributed by atoms with Crippen LogP contribution in [0.3, 0.4) is 0 Å². The van der Waals surface area contributed by atoms with Gasteiger partial charge in [0.2, 0.25) is 5.91 Å². The Bertz CT molecular complexity index is 1250. The van der Waals surface area contributed by atoms with Crippen molar-refractivity contribution in [2.45, 2.75) is 12.8 Å². The first-order chi connectivity index (χ1) is 14.7. The van der Waals surface area contributed by atoms with Crippen LogP contribution in [0.1, 0.15) is 26.5 Å². The first kappa shape index (κ1) is 18.7. The van der Waals surface area contributed by atoms with Crippen LogP contribution in [0.2, 0.25) is 0 Å². The lowest BCUT2D eigenvalue weighted by atomic mass is 10.1. The molecule has 2 N–H and O–H groups in total. The maximum atomic E-state index is 12.5. The zero-order valence-corrected chi connectivity index (χ0v) is 17.5. The summed E-state index contributed by atoms with van der Waals surface area (Å²) < 4.78 is 0. The number of thiazole rings is 1. The van der Waals surface area contributed by atoms with E-state index in [2.05, 4.69) is 45.9 Å². The fourth-order valence-electron chi connectivity index (χ4n) is 3.60. The topological polar surface area (TPSA) is 71.1 Å². The van der Waals surface area contributed by atoms with Gasteiger partial charge in [-0.05, 0) is 52.3 Å². The third-order valence-corrected chi connectivity index (χ3v) is 6.61. The summed E-state index contributed by atoms with van der Waals surface area (Å²) in [6.07, 6.45) is 1.04. The monoisotopic (exact) mass is 431 g/mol. The van der Waals surface area contributed by atoms with Crippen LogP contribution in [0, 0.1) is 0 Å². The van der Waals surface area contributed by atoms with E-state index >= 15 is 0 Å². The van der Waals surface area contributed by atoms with E-state index in [1.54, 1.807) is 11.4 Å². The van der Waals surface area contributed by atoms with Crippen LogP contribution >= 0.6 is 22.7 Å². The number of rotatable bonds is 5. The number of benzene rings is 2. The standard InChI is InChI=1S/C23H17N3O2S2/c27-21(12-17-13-30-23(25-17)26-22(28)20-6-3-9-29-20)24-16-7-8-19-15(11-16)10-14-4-1-2-5-18(14)19/h1-9,11,13H,10,12H2,(H,24,27)(H,25,26,28). The van der Waals surface area contributed by atoms with Crippen molar-refractivity contribution in [2.24, 2.45) is 0 Å². The van der Waals surface area contributed by atoms with E-state index in [0.29, 0.717) is 15.7 Å². The highest BCUT2D eigenvalue weighted by Crippen LogP contribution is 2.37. The molecule has 5 rings (SSSR count). The number of nitrogens with zero attached hydrogens (tertiary/aromatic N) is 1. The molecule has 0 bridgehead atoms. The van der Waals surface area contributed by atoms with E-state index < -0.39 is 0 Å². The Hall–Kier alpha value is -3.29. The molecule has 0 radical (unpaired) electrons. The second-order valence-corrected chi connectivity index (χ2v) is 8.81. The molecule has 2 aromatic carbocycles. The maximum Gasteiger partial charge on any atom is 0.267 e. The zero-order chi connectivity index (χ0) is 20.5. The number of anilines is 2. The lowest BCUT2D eigenvalue weighted by molar-refractivity contribution is -0.115. The van der Waals surface area contributed by atoms with E-state index in [0.717, 1.165) is 12.1 Å². The van der Waals surface area contributed by atoms with Crippen molar-refractivity contribution >= 4 is 45.3 Å². The molecule has 2 aromatic heterocycles. The predicted octanol–water partition coefficient (Wildman–Crippen LogP) is 5.21. The fourth-order valence-corrected chi connectivity index (χ4v) is 4.93. The molecule has 2 heterocycles. The van der Waals surface area contributed by atoms with Gasteiger partial charge in [0.25, 0.3) is 5.91 Å². The van der Waals surface area contributed by atoms with Crippen molar-refractivity contribution in [1.29, 1.82) is 0 Å². The number of carbonyl (C=O) groups is 2. The van der Waals surface area contributed by atoms with Crippen molar-refractivity contribution in [3.8, 4) is 11.1 Å². The largest absolute Gasteiger partial charge is 0.326 e. The molecule has 2 amide bonds. The van der Waals surface area contributed by atoms with Crippen LogP contribution in [0.5, 0.6) is 0 Å². The average molecular weight is 432 g/mol. The van der Waals surface area contributed by atoms with Gasteiger partial charge in [-0.25, -0.2) is 4.98 Å². The highest BCUT2D eigenvalue weighted by Gasteiger charge is 2.18. The number of nitrogens with one attached hydrogen (secondary N) is 2. The predicted molar refractivity (Wildman–Crippen MR) is 121 cm³/mol. The minimum Gasteiger partial charge on any atom is -0.326 e. The Kier molecular flexibility index (Phi) is 4.90. The summed E-state index contributed by atoms with van der Waals surface area (Å²) in [6.45, 7) is 0. The Labute approximate surface area is 181 Å². The van der Waals surface area contributed by atoms with Gasteiger partial charge >= 0.3 is 0 Å².